The van der Waals surface area contributed by atoms with E-state index in [1.54, 1.807) is 0 Å². The second-order valence-corrected chi connectivity index (χ2v) is 6.15. The maximum atomic E-state index is 11.4. The van der Waals surface area contributed by atoms with Gasteiger partial charge in [0.05, 0.1) is 0 Å². The molecule has 7 heteroatoms. The zero-order chi connectivity index (χ0) is 11.5. The molecule has 15 heavy (non-hydrogen) atoms. The Kier molecular flexibility index (Phi) is 4.36. The number of halogens is 1. The predicted octanol–water partition coefficient (Wildman–Crippen LogP) is 0.113. The lowest BCUT2D eigenvalue weighted by Crippen LogP contribution is -2.46. The van der Waals surface area contributed by atoms with E-state index in [4.69, 9.17) is 11.6 Å². The summed E-state index contributed by atoms with van der Waals surface area (Å²) in [4.78, 5) is 10.8. The van der Waals surface area contributed by atoms with Gasteiger partial charge in [0, 0.05) is 26.1 Å². The normalized spacial score (nSPS) is 20.1. The Bertz CT molecular complexity index is 323. The molecule has 88 valence electrons. The first-order chi connectivity index (χ1) is 6.95. The van der Waals surface area contributed by atoms with Crippen LogP contribution in [-0.4, -0.2) is 43.0 Å². The van der Waals surface area contributed by atoms with Crippen LogP contribution in [0.1, 0.15) is 19.8 Å². The van der Waals surface area contributed by atoms with E-state index < -0.39 is 10.0 Å². The quantitative estimate of drug-likeness (QED) is 0.727. The average molecular weight is 255 g/mol. The van der Waals surface area contributed by atoms with E-state index in [0.717, 1.165) is 0 Å². The number of sulfonamides is 1. The van der Waals surface area contributed by atoms with Crippen LogP contribution in [-0.2, 0) is 14.8 Å². The van der Waals surface area contributed by atoms with E-state index in [2.05, 4.69) is 5.32 Å². The molecular formula is C8H15ClN2O3S. The first-order valence-electron chi connectivity index (χ1n) is 4.76. The molecule has 0 aromatic rings. The molecule has 1 N–H and O–H groups in total. The number of carbonyl (C=O) groups excluding carboxylic acids is 1. The summed E-state index contributed by atoms with van der Waals surface area (Å²) in [6.07, 6.45) is 1.30. The molecule has 1 heterocycles. The highest BCUT2D eigenvalue weighted by Gasteiger charge is 2.27. The van der Waals surface area contributed by atoms with Gasteiger partial charge in [-0.05, 0) is 12.8 Å². The SMILES string of the molecule is CC(=O)NC1CCN(S(=O)(=O)CCl)CC1. The van der Waals surface area contributed by atoms with Crippen molar-refractivity contribution < 1.29 is 13.2 Å². The minimum Gasteiger partial charge on any atom is -0.354 e. The van der Waals surface area contributed by atoms with Gasteiger partial charge in [0.1, 0.15) is 5.21 Å². The molecule has 1 fully saturated rings. The molecule has 1 amide bonds. The van der Waals surface area contributed by atoms with Crippen LogP contribution in [0.2, 0.25) is 0 Å². The summed E-state index contributed by atoms with van der Waals surface area (Å²) in [5.74, 6) is -0.0753. The molecule has 1 saturated heterocycles. The van der Waals surface area contributed by atoms with Gasteiger partial charge in [-0.25, -0.2) is 12.7 Å². The number of nitrogens with one attached hydrogen (secondary N) is 1. The topological polar surface area (TPSA) is 66.5 Å². The number of rotatable bonds is 3. The van der Waals surface area contributed by atoms with E-state index in [-0.39, 0.29) is 17.2 Å². The number of carbonyl (C=O) groups is 1. The van der Waals surface area contributed by atoms with Crippen LogP contribution in [0.5, 0.6) is 0 Å². The fourth-order valence-electron chi connectivity index (χ4n) is 1.63. The second kappa shape index (κ2) is 5.14. The van der Waals surface area contributed by atoms with Crippen molar-refractivity contribution >= 4 is 27.5 Å². The summed E-state index contributed by atoms with van der Waals surface area (Å²) < 4.78 is 24.2. The standard InChI is InChI=1S/C8H15ClN2O3S/c1-7(12)10-8-2-4-11(5-3-8)15(13,14)6-9/h8H,2-6H2,1H3,(H,10,12). The molecule has 1 aliphatic heterocycles. The van der Waals surface area contributed by atoms with Crippen molar-refractivity contribution in [1.82, 2.24) is 9.62 Å². The Morgan fingerprint density at radius 3 is 2.40 bits per heavy atom. The van der Waals surface area contributed by atoms with Crippen LogP contribution in [0, 0.1) is 0 Å². The van der Waals surface area contributed by atoms with Gasteiger partial charge in [0.2, 0.25) is 15.9 Å². The second-order valence-electron chi connectivity index (χ2n) is 3.59. The van der Waals surface area contributed by atoms with Gasteiger partial charge in [0.15, 0.2) is 0 Å². The Labute approximate surface area is 94.8 Å². The van der Waals surface area contributed by atoms with Crippen molar-refractivity contribution in [2.24, 2.45) is 0 Å². The van der Waals surface area contributed by atoms with E-state index in [0.29, 0.717) is 25.9 Å². The predicted molar refractivity (Wildman–Crippen MR) is 58.1 cm³/mol. The van der Waals surface area contributed by atoms with Gasteiger partial charge >= 0.3 is 0 Å². The van der Waals surface area contributed by atoms with Crippen molar-refractivity contribution in [3.8, 4) is 0 Å². The Hall–Kier alpha value is -0.330. The first-order valence-corrected chi connectivity index (χ1v) is 6.91. The molecule has 0 bridgehead atoms. The summed E-state index contributed by atoms with van der Waals surface area (Å²) in [6.45, 7) is 2.32. The highest BCUT2D eigenvalue weighted by Crippen LogP contribution is 2.14. The lowest BCUT2D eigenvalue weighted by atomic mass is 10.1. The molecule has 0 atom stereocenters. The number of alkyl halides is 1. The minimum absolute atomic E-state index is 0.0753. The van der Waals surface area contributed by atoms with Crippen molar-refractivity contribution in [1.29, 1.82) is 0 Å². The summed E-state index contributed by atoms with van der Waals surface area (Å²) in [7, 11) is -3.29. The molecule has 5 nitrogen and oxygen atoms in total. The Morgan fingerprint density at radius 2 is 2.00 bits per heavy atom. The zero-order valence-electron chi connectivity index (χ0n) is 8.57. The number of amides is 1. The van der Waals surface area contributed by atoms with Crippen molar-refractivity contribution in [2.75, 3.05) is 18.3 Å². The van der Waals surface area contributed by atoms with Gasteiger partial charge in [0.25, 0.3) is 0 Å². The minimum atomic E-state index is -3.29. The monoisotopic (exact) mass is 254 g/mol. The van der Waals surface area contributed by atoms with E-state index in [9.17, 15) is 13.2 Å². The molecule has 0 aromatic carbocycles. The van der Waals surface area contributed by atoms with Crippen LogP contribution in [0.25, 0.3) is 0 Å². The Morgan fingerprint density at radius 1 is 1.47 bits per heavy atom. The third-order valence-corrected chi connectivity index (χ3v) is 4.65. The molecule has 0 aromatic heterocycles. The highest BCUT2D eigenvalue weighted by molar-refractivity contribution is 7.90. The van der Waals surface area contributed by atoms with Crippen LogP contribution in [0.3, 0.4) is 0 Å². The lowest BCUT2D eigenvalue weighted by Gasteiger charge is -2.30. The molecule has 0 radical (unpaired) electrons. The number of hydrogen-bond donors (Lipinski definition) is 1. The maximum Gasteiger partial charge on any atom is 0.228 e. The summed E-state index contributed by atoms with van der Waals surface area (Å²) in [5, 5.41) is 2.40. The van der Waals surface area contributed by atoms with Crippen molar-refractivity contribution in [3.05, 3.63) is 0 Å². The average Bonchev–Trinajstić information content (AvgIpc) is 2.18. The van der Waals surface area contributed by atoms with Crippen molar-refractivity contribution in [2.45, 2.75) is 25.8 Å². The summed E-state index contributed by atoms with van der Waals surface area (Å²) >= 11 is 5.35. The fourth-order valence-corrected chi connectivity index (χ4v) is 2.95. The zero-order valence-corrected chi connectivity index (χ0v) is 10.1. The number of hydrogen-bond acceptors (Lipinski definition) is 3. The third-order valence-electron chi connectivity index (χ3n) is 2.39. The van der Waals surface area contributed by atoms with Gasteiger partial charge < -0.3 is 5.32 Å². The van der Waals surface area contributed by atoms with E-state index >= 15 is 0 Å². The molecule has 0 unspecified atom stereocenters. The smallest absolute Gasteiger partial charge is 0.228 e. The maximum absolute atomic E-state index is 11.4. The Balaban J connectivity index is 2.46. The fraction of sp³-hybridized carbons (Fsp3) is 0.875. The van der Waals surface area contributed by atoms with Gasteiger partial charge in [-0.15, -0.1) is 11.6 Å². The summed E-state index contributed by atoms with van der Waals surface area (Å²) in [6, 6.07) is 0.0873. The summed E-state index contributed by atoms with van der Waals surface area (Å²) in [5.41, 5.74) is 0. The number of piperidine rings is 1. The van der Waals surface area contributed by atoms with Crippen LogP contribution in [0.4, 0.5) is 0 Å². The molecule has 0 saturated carbocycles. The van der Waals surface area contributed by atoms with Gasteiger partial charge in [-0.2, -0.15) is 0 Å². The van der Waals surface area contributed by atoms with Gasteiger partial charge in [-0.3, -0.25) is 4.79 Å². The van der Waals surface area contributed by atoms with Crippen LogP contribution >= 0.6 is 11.6 Å². The molecule has 1 aliphatic rings. The van der Waals surface area contributed by atoms with Crippen LogP contribution < -0.4 is 5.32 Å². The largest absolute Gasteiger partial charge is 0.354 e. The molecule has 1 rings (SSSR count). The number of nitrogens with zero attached hydrogens (tertiary/aromatic N) is 1. The first kappa shape index (κ1) is 12.7. The highest BCUT2D eigenvalue weighted by atomic mass is 35.5. The van der Waals surface area contributed by atoms with Gasteiger partial charge in [-0.1, -0.05) is 0 Å². The van der Waals surface area contributed by atoms with E-state index in [1.807, 2.05) is 0 Å². The lowest BCUT2D eigenvalue weighted by molar-refractivity contribution is -0.119. The van der Waals surface area contributed by atoms with Crippen LogP contribution in [0.15, 0.2) is 0 Å². The third kappa shape index (κ3) is 3.62. The molecular weight excluding hydrogens is 240 g/mol. The van der Waals surface area contributed by atoms with Crippen molar-refractivity contribution in [3.63, 3.8) is 0 Å². The molecule has 0 spiro atoms. The van der Waals surface area contributed by atoms with E-state index in [1.165, 1.54) is 11.2 Å². The molecule has 0 aliphatic carbocycles.